The fraction of sp³-hybridized carbons (Fsp3) is 0.231. The second kappa shape index (κ2) is 5.15. The topological polar surface area (TPSA) is 37.8 Å². The van der Waals surface area contributed by atoms with Crippen molar-refractivity contribution in [3.05, 3.63) is 52.9 Å². The molecule has 1 aromatic carbocycles. The number of aromatic nitrogens is 2. The Morgan fingerprint density at radius 1 is 1.18 bits per heavy atom. The molecule has 0 radical (unpaired) electrons. The predicted molar refractivity (Wildman–Crippen MR) is 70.3 cm³/mol. The highest BCUT2D eigenvalue weighted by Gasteiger charge is 2.10. The molecule has 1 atom stereocenters. The quantitative estimate of drug-likeness (QED) is 0.900. The summed E-state index contributed by atoms with van der Waals surface area (Å²) in [5, 5.41) is 4.07. The van der Waals surface area contributed by atoms with Crippen molar-refractivity contribution in [3.63, 3.8) is 0 Å². The number of aryl methyl sites for hydroxylation is 1. The zero-order valence-corrected chi connectivity index (χ0v) is 10.6. The predicted octanol–water partition coefficient (Wildman–Crippen LogP) is 3.61. The van der Waals surface area contributed by atoms with Gasteiger partial charge in [0, 0.05) is 17.4 Å². The Kier molecular flexibility index (Phi) is 3.59. The SMILES string of the molecule is Cc1nccnc1NC(C)c1ccccc1Cl. The number of halogens is 1. The Bertz CT molecular complexity index is 514. The standard InChI is InChI=1S/C13H14ClN3/c1-9(11-5-3-4-6-12(11)14)17-13-10(2)15-7-8-16-13/h3-9H,1-2H3,(H,16,17). The van der Waals surface area contributed by atoms with Crippen LogP contribution in [0.4, 0.5) is 5.82 Å². The maximum absolute atomic E-state index is 6.15. The third kappa shape index (κ3) is 2.74. The minimum Gasteiger partial charge on any atom is -0.362 e. The van der Waals surface area contributed by atoms with E-state index < -0.39 is 0 Å². The molecule has 17 heavy (non-hydrogen) atoms. The molecule has 0 fully saturated rings. The Hall–Kier alpha value is -1.61. The zero-order chi connectivity index (χ0) is 12.3. The molecule has 88 valence electrons. The van der Waals surface area contributed by atoms with Gasteiger partial charge in [-0.25, -0.2) is 4.98 Å². The normalized spacial score (nSPS) is 12.2. The van der Waals surface area contributed by atoms with Gasteiger partial charge in [0.15, 0.2) is 0 Å². The van der Waals surface area contributed by atoms with Crippen molar-refractivity contribution in [2.24, 2.45) is 0 Å². The van der Waals surface area contributed by atoms with Crippen molar-refractivity contribution >= 4 is 17.4 Å². The summed E-state index contributed by atoms with van der Waals surface area (Å²) in [6.45, 7) is 3.98. The van der Waals surface area contributed by atoms with Gasteiger partial charge < -0.3 is 5.32 Å². The summed E-state index contributed by atoms with van der Waals surface area (Å²) in [4.78, 5) is 8.45. The first-order valence-corrected chi connectivity index (χ1v) is 5.85. The molecule has 4 heteroatoms. The molecule has 2 aromatic rings. The van der Waals surface area contributed by atoms with Crippen molar-refractivity contribution in [1.82, 2.24) is 9.97 Å². The van der Waals surface area contributed by atoms with E-state index in [4.69, 9.17) is 11.6 Å². The zero-order valence-electron chi connectivity index (χ0n) is 9.81. The molecule has 1 heterocycles. The largest absolute Gasteiger partial charge is 0.362 e. The maximum Gasteiger partial charge on any atom is 0.147 e. The molecule has 1 aromatic heterocycles. The summed E-state index contributed by atoms with van der Waals surface area (Å²) in [5.41, 5.74) is 1.94. The first kappa shape index (κ1) is 11.9. The van der Waals surface area contributed by atoms with Crippen molar-refractivity contribution in [1.29, 1.82) is 0 Å². The second-order valence-electron chi connectivity index (χ2n) is 3.88. The third-order valence-electron chi connectivity index (χ3n) is 2.61. The summed E-state index contributed by atoms with van der Waals surface area (Å²) in [7, 11) is 0. The van der Waals surface area contributed by atoms with E-state index in [1.165, 1.54) is 0 Å². The number of hydrogen-bond donors (Lipinski definition) is 1. The van der Waals surface area contributed by atoms with Crippen LogP contribution in [0.3, 0.4) is 0 Å². The Labute approximate surface area is 106 Å². The number of nitrogens with one attached hydrogen (secondary N) is 1. The highest BCUT2D eigenvalue weighted by Crippen LogP contribution is 2.25. The number of benzene rings is 1. The van der Waals surface area contributed by atoms with E-state index in [2.05, 4.69) is 22.2 Å². The van der Waals surface area contributed by atoms with E-state index >= 15 is 0 Å². The molecule has 3 nitrogen and oxygen atoms in total. The minimum atomic E-state index is 0.0964. The summed E-state index contributed by atoms with van der Waals surface area (Å²) in [6.07, 6.45) is 3.36. The summed E-state index contributed by atoms with van der Waals surface area (Å²) < 4.78 is 0. The van der Waals surface area contributed by atoms with Gasteiger partial charge in [0.25, 0.3) is 0 Å². The van der Waals surface area contributed by atoms with Crippen LogP contribution < -0.4 is 5.32 Å². The molecule has 0 aliphatic heterocycles. The lowest BCUT2D eigenvalue weighted by Crippen LogP contribution is -2.10. The van der Waals surface area contributed by atoms with E-state index in [0.29, 0.717) is 0 Å². The number of rotatable bonds is 3. The maximum atomic E-state index is 6.15. The molecule has 0 aliphatic carbocycles. The van der Waals surface area contributed by atoms with Gasteiger partial charge >= 0.3 is 0 Å². The molecule has 0 amide bonds. The Morgan fingerprint density at radius 3 is 2.59 bits per heavy atom. The lowest BCUT2D eigenvalue weighted by atomic mass is 10.1. The van der Waals surface area contributed by atoms with E-state index in [0.717, 1.165) is 22.1 Å². The number of anilines is 1. The van der Waals surface area contributed by atoms with Gasteiger partial charge in [-0.1, -0.05) is 29.8 Å². The van der Waals surface area contributed by atoms with Crippen LogP contribution in [0, 0.1) is 6.92 Å². The second-order valence-corrected chi connectivity index (χ2v) is 4.29. The van der Waals surface area contributed by atoms with Gasteiger partial charge in [0.2, 0.25) is 0 Å². The number of nitrogens with zero attached hydrogens (tertiary/aromatic N) is 2. The van der Waals surface area contributed by atoms with Gasteiger partial charge in [-0.3, -0.25) is 4.98 Å². The van der Waals surface area contributed by atoms with Crippen LogP contribution in [0.5, 0.6) is 0 Å². The van der Waals surface area contributed by atoms with Crippen LogP contribution in [0.2, 0.25) is 5.02 Å². The van der Waals surface area contributed by atoms with E-state index in [-0.39, 0.29) is 6.04 Å². The van der Waals surface area contributed by atoms with Crippen molar-refractivity contribution in [2.75, 3.05) is 5.32 Å². The van der Waals surface area contributed by atoms with Crippen LogP contribution in [0.25, 0.3) is 0 Å². The highest BCUT2D eigenvalue weighted by atomic mass is 35.5. The van der Waals surface area contributed by atoms with E-state index in [9.17, 15) is 0 Å². The van der Waals surface area contributed by atoms with Crippen LogP contribution in [0.1, 0.15) is 24.2 Å². The lowest BCUT2D eigenvalue weighted by molar-refractivity contribution is 0.866. The van der Waals surface area contributed by atoms with Gasteiger partial charge in [-0.15, -0.1) is 0 Å². The third-order valence-corrected chi connectivity index (χ3v) is 2.95. The molecular weight excluding hydrogens is 234 g/mol. The summed E-state index contributed by atoms with van der Waals surface area (Å²) in [5.74, 6) is 0.792. The van der Waals surface area contributed by atoms with Gasteiger partial charge in [-0.2, -0.15) is 0 Å². The molecule has 0 saturated heterocycles. The monoisotopic (exact) mass is 247 g/mol. The average molecular weight is 248 g/mol. The van der Waals surface area contributed by atoms with Crippen LogP contribution in [-0.2, 0) is 0 Å². The molecule has 2 rings (SSSR count). The minimum absolute atomic E-state index is 0.0964. The van der Waals surface area contributed by atoms with Crippen LogP contribution in [-0.4, -0.2) is 9.97 Å². The molecular formula is C13H14ClN3. The number of hydrogen-bond acceptors (Lipinski definition) is 3. The summed E-state index contributed by atoms with van der Waals surface area (Å²) >= 11 is 6.15. The van der Waals surface area contributed by atoms with Gasteiger partial charge in [0.1, 0.15) is 5.82 Å². The van der Waals surface area contributed by atoms with Crippen molar-refractivity contribution < 1.29 is 0 Å². The molecule has 0 aliphatic rings. The smallest absolute Gasteiger partial charge is 0.147 e. The molecule has 0 saturated carbocycles. The molecule has 1 N–H and O–H groups in total. The van der Waals surface area contributed by atoms with Crippen LogP contribution in [0.15, 0.2) is 36.7 Å². The Morgan fingerprint density at radius 2 is 1.88 bits per heavy atom. The van der Waals surface area contributed by atoms with Gasteiger partial charge in [-0.05, 0) is 25.5 Å². The molecule has 1 unspecified atom stereocenters. The van der Waals surface area contributed by atoms with Crippen molar-refractivity contribution in [2.45, 2.75) is 19.9 Å². The first-order valence-electron chi connectivity index (χ1n) is 5.47. The first-order chi connectivity index (χ1) is 8.18. The van der Waals surface area contributed by atoms with Crippen LogP contribution >= 0.6 is 11.6 Å². The lowest BCUT2D eigenvalue weighted by Gasteiger charge is -2.16. The molecule has 0 spiro atoms. The van der Waals surface area contributed by atoms with E-state index in [1.54, 1.807) is 12.4 Å². The fourth-order valence-electron chi connectivity index (χ4n) is 1.66. The summed E-state index contributed by atoms with van der Waals surface area (Å²) in [6, 6.07) is 7.89. The average Bonchev–Trinajstić information content (AvgIpc) is 2.32. The Balaban J connectivity index is 2.20. The molecule has 0 bridgehead atoms. The fourth-order valence-corrected chi connectivity index (χ4v) is 1.96. The van der Waals surface area contributed by atoms with Gasteiger partial charge in [0.05, 0.1) is 11.7 Å². The van der Waals surface area contributed by atoms with E-state index in [1.807, 2.05) is 31.2 Å². The highest BCUT2D eigenvalue weighted by molar-refractivity contribution is 6.31. The van der Waals surface area contributed by atoms with Crippen molar-refractivity contribution in [3.8, 4) is 0 Å².